The van der Waals surface area contributed by atoms with Gasteiger partial charge in [-0.05, 0) is 44.4 Å². The summed E-state index contributed by atoms with van der Waals surface area (Å²) in [5.41, 5.74) is 5.63. The monoisotopic (exact) mass is 238 g/mol. The molecule has 3 heteroatoms. The van der Waals surface area contributed by atoms with E-state index in [0.29, 0.717) is 0 Å². The van der Waals surface area contributed by atoms with Crippen LogP contribution in [0.1, 0.15) is 58.3 Å². The van der Waals surface area contributed by atoms with Gasteiger partial charge in [-0.3, -0.25) is 4.79 Å². The Morgan fingerprint density at radius 1 is 1.29 bits per heavy atom. The molecule has 0 aromatic rings. The van der Waals surface area contributed by atoms with Gasteiger partial charge in [-0.1, -0.05) is 19.8 Å². The first kappa shape index (κ1) is 12.9. The number of hydrogen-bond donors (Lipinski definition) is 1. The lowest BCUT2D eigenvalue weighted by molar-refractivity contribution is -0.140. The Balaban J connectivity index is 1.87. The summed E-state index contributed by atoms with van der Waals surface area (Å²) in [4.78, 5) is 14.4. The van der Waals surface area contributed by atoms with Gasteiger partial charge in [-0.25, -0.2) is 0 Å². The molecule has 2 aliphatic rings. The maximum atomic E-state index is 12.3. The summed E-state index contributed by atoms with van der Waals surface area (Å²) < 4.78 is 0. The van der Waals surface area contributed by atoms with E-state index in [-0.39, 0.29) is 5.91 Å². The lowest BCUT2D eigenvalue weighted by Crippen LogP contribution is -2.59. The molecule has 1 unspecified atom stereocenters. The minimum Gasteiger partial charge on any atom is -0.341 e. The highest BCUT2D eigenvalue weighted by atomic mass is 16.2. The van der Waals surface area contributed by atoms with E-state index >= 15 is 0 Å². The summed E-state index contributed by atoms with van der Waals surface area (Å²) in [7, 11) is 0. The zero-order chi connectivity index (χ0) is 12.3. The molecular formula is C14H26N2O. The second-order valence-electron chi connectivity index (χ2n) is 5.89. The third kappa shape index (κ3) is 2.82. The van der Waals surface area contributed by atoms with Gasteiger partial charge in [-0.2, -0.15) is 0 Å². The predicted octanol–water partition coefficient (Wildman–Crippen LogP) is 2.30. The normalized spacial score (nSPS) is 28.4. The van der Waals surface area contributed by atoms with Crippen molar-refractivity contribution in [1.29, 1.82) is 0 Å². The number of nitrogens with two attached hydrogens (primary N) is 1. The van der Waals surface area contributed by atoms with Crippen molar-refractivity contribution < 1.29 is 4.79 Å². The summed E-state index contributed by atoms with van der Waals surface area (Å²) in [5, 5.41) is 0. The third-order valence-electron chi connectivity index (χ3n) is 4.50. The lowest BCUT2D eigenvalue weighted by Gasteiger charge is -2.40. The quantitative estimate of drug-likeness (QED) is 0.820. The fourth-order valence-corrected chi connectivity index (χ4v) is 3.15. The van der Waals surface area contributed by atoms with Crippen LogP contribution in [-0.4, -0.2) is 29.4 Å². The Kier molecular flexibility index (Phi) is 4.08. The Morgan fingerprint density at radius 2 is 2.06 bits per heavy atom. The zero-order valence-corrected chi connectivity index (χ0v) is 11.1. The smallest absolute Gasteiger partial charge is 0.242 e. The van der Waals surface area contributed by atoms with Crippen LogP contribution in [0.15, 0.2) is 0 Å². The van der Waals surface area contributed by atoms with Crippen LogP contribution in [0.25, 0.3) is 0 Å². The molecule has 1 amide bonds. The van der Waals surface area contributed by atoms with Crippen molar-refractivity contribution in [2.75, 3.05) is 13.1 Å². The number of hydrogen-bond acceptors (Lipinski definition) is 2. The molecule has 2 rings (SSSR count). The van der Waals surface area contributed by atoms with Crippen LogP contribution < -0.4 is 5.73 Å². The van der Waals surface area contributed by atoms with E-state index in [4.69, 9.17) is 5.73 Å². The molecule has 2 fully saturated rings. The number of carbonyl (C=O) groups is 1. The Bertz CT molecular complexity index is 273. The highest BCUT2D eigenvalue weighted by Crippen LogP contribution is 2.32. The van der Waals surface area contributed by atoms with Crippen LogP contribution in [0.4, 0.5) is 0 Å². The van der Waals surface area contributed by atoms with Crippen molar-refractivity contribution in [2.45, 2.75) is 63.8 Å². The topological polar surface area (TPSA) is 46.3 Å². The first-order valence-electron chi connectivity index (χ1n) is 7.24. The number of likely N-dealkylation sites (tertiary alicyclic amines) is 1. The molecule has 17 heavy (non-hydrogen) atoms. The van der Waals surface area contributed by atoms with Crippen molar-refractivity contribution in [2.24, 2.45) is 11.7 Å². The molecule has 1 atom stereocenters. The predicted molar refractivity (Wildman–Crippen MR) is 69.6 cm³/mol. The van der Waals surface area contributed by atoms with Crippen LogP contribution in [0.3, 0.4) is 0 Å². The molecule has 98 valence electrons. The molecule has 0 aromatic heterocycles. The van der Waals surface area contributed by atoms with Crippen LogP contribution in [0.2, 0.25) is 0 Å². The molecule has 3 nitrogen and oxygen atoms in total. The average Bonchev–Trinajstić information content (AvgIpc) is 2.51. The second kappa shape index (κ2) is 5.38. The molecule has 1 aliphatic heterocycles. The molecule has 2 N–H and O–H groups in total. The molecule has 0 bridgehead atoms. The fraction of sp³-hybridized carbons (Fsp3) is 0.929. The van der Waals surface area contributed by atoms with Crippen molar-refractivity contribution >= 4 is 5.91 Å². The maximum absolute atomic E-state index is 12.3. The number of amides is 1. The minimum atomic E-state index is -0.495. The highest BCUT2D eigenvalue weighted by Gasteiger charge is 2.42. The van der Waals surface area contributed by atoms with Gasteiger partial charge in [0, 0.05) is 13.1 Å². The highest BCUT2D eigenvalue weighted by molar-refractivity contribution is 5.87. The van der Waals surface area contributed by atoms with Gasteiger partial charge in [0.25, 0.3) is 0 Å². The largest absolute Gasteiger partial charge is 0.341 e. The zero-order valence-electron chi connectivity index (χ0n) is 11.1. The van der Waals surface area contributed by atoms with Crippen molar-refractivity contribution in [3.8, 4) is 0 Å². The lowest BCUT2D eigenvalue weighted by atomic mass is 9.76. The van der Waals surface area contributed by atoms with Crippen molar-refractivity contribution in [3.05, 3.63) is 0 Å². The van der Waals surface area contributed by atoms with Gasteiger partial charge in [0.05, 0.1) is 5.54 Å². The molecule has 1 saturated heterocycles. The minimum absolute atomic E-state index is 0.223. The van der Waals surface area contributed by atoms with Crippen molar-refractivity contribution in [1.82, 2.24) is 4.90 Å². The van der Waals surface area contributed by atoms with E-state index in [1.54, 1.807) is 0 Å². The van der Waals surface area contributed by atoms with E-state index in [1.165, 1.54) is 25.7 Å². The maximum Gasteiger partial charge on any atom is 0.242 e. The molecule has 0 radical (unpaired) electrons. The molecule has 1 heterocycles. The van der Waals surface area contributed by atoms with Crippen LogP contribution in [0, 0.1) is 5.92 Å². The van der Waals surface area contributed by atoms with Crippen LogP contribution >= 0.6 is 0 Å². The summed E-state index contributed by atoms with van der Waals surface area (Å²) in [6.45, 7) is 4.11. The molecular weight excluding hydrogens is 212 g/mol. The number of carbonyl (C=O) groups excluding carboxylic acids is 1. The van der Waals surface area contributed by atoms with E-state index in [1.807, 2.05) is 4.90 Å². The average molecular weight is 238 g/mol. The van der Waals surface area contributed by atoms with Gasteiger partial charge in [-0.15, -0.1) is 0 Å². The molecule has 1 aliphatic carbocycles. The van der Waals surface area contributed by atoms with Gasteiger partial charge in [0.1, 0.15) is 0 Å². The first-order valence-corrected chi connectivity index (χ1v) is 7.24. The number of rotatable bonds is 3. The van der Waals surface area contributed by atoms with Gasteiger partial charge < -0.3 is 10.6 Å². The van der Waals surface area contributed by atoms with Crippen molar-refractivity contribution in [3.63, 3.8) is 0 Å². The summed E-state index contributed by atoms with van der Waals surface area (Å²) in [6, 6.07) is 0. The van der Waals surface area contributed by atoms with Gasteiger partial charge in [0.15, 0.2) is 0 Å². The van der Waals surface area contributed by atoms with Gasteiger partial charge >= 0.3 is 0 Å². The van der Waals surface area contributed by atoms with Gasteiger partial charge in [0.2, 0.25) is 5.91 Å². The molecule has 1 saturated carbocycles. The Labute approximate surface area is 105 Å². The Hall–Kier alpha value is -0.570. The summed E-state index contributed by atoms with van der Waals surface area (Å²) in [6.07, 6.45) is 9.10. The second-order valence-corrected chi connectivity index (χ2v) is 5.89. The SMILES string of the molecule is CCCC1CCCN(C(=O)C2(N)CCC2)CC1. The van der Waals surface area contributed by atoms with E-state index in [0.717, 1.165) is 44.7 Å². The summed E-state index contributed by atoms with van der Waals surface area (Å²) in [5.74, 6) is 1.05. The van der Waals surface area contributed by atoms with E-state index < -0.39 is 5.54 Å². The third-order valence-corrected chi connectivity index (χ3v) is 4.50. The van der Waals surface area contributed by atoms with E-state index in [2.05, 4.69) is 6.92 Å². The van der Waals surface area contributed by atoms with E-state index in [9.17, 15) is 4.79 Å². The standard InChI is InChI=1S/C14H26N2O/c1-2-5-12-6-3-10-16(11-7-12)13(17)14(15)8-4-9-14/h12H,2-11,15H2,1H3. The molecule has 0 spiro atoms. The van der Waals surface area contributed by atoms with Crippen LogP contribution in [0.5, 0.6) is 0 Å². The summed E-state index contributed by atoms with van der Waals surface area (Å²) >= 11 is 0. The number of nitrogens with zero attached hydrogens (tertiary/aromatic N) is 1. The first-order chi connectivity index (χ1) is 8.15. The Morgan fingerprint density at radius 3 is 2.65 bits per heavy atom. The fourth-order valence-electron chi connectivity index (χ4n) is 3.15. The van der Waals surface area contributed by atoms with Crippen LogP contribution in [-0.2, 0) is 4.79 Å². The molecule has 0 aromatic carbocycles.